The zero-order valence-corrected chi connectivity index (χ0v) is 14.8. The highest BCUT2D eigenvalue weighted by atomic mass is 16.5. The second-order valence-electron chi connectivity index (χ2n) is 6.02. The molecule has 130 valence electrons. The van der Waals surface area contributed by atoms with Gasteiger partial charge in [0.15, 0.2) is 0 Å². The highest BCUT2D eigenvalue weighted by molar-refractivity contribution is 5.95. The molecule has 1 N–H and O–H groups in total. The van der Waals surface area contributed by atoms with Gasteiger partial charge in [0, 0.05) is 6.08 Å². The first-order chi connectivity index (χ1) is 12.6. The third-order valence-corrected chi connectivity index (χ3v) is 4.28. The van der Waals surface area contributed by atoms with E-state index in [9.17, 15) is 9.90 Å². The van der Waals surface area contributed by atoms with Crippen molar-refractivity contribution in [3.05, 3.63) is 95.6 Å². The minimum absolute atomic E-state index is 0.669. The minimum atomic E-state index is -0.972. The smallest absolute Gasteiger partial charge is 0.328 e. The second kappa shape index (κ2) is 7.70. The Balaban J connectivity index is 2.01. The van der Waals surface area contributed by atoms with Crippen LogP contribution in [0.25, 0.3) is 16.7 Å². The van der Waals surface area contributed by atoms with Crippen molar-refractivity contribution in [2.24, 2.45) is 0 Å². The molecule has 0 aliphatic rings. The van der Waals surface area contributed by atoms with Crippen molar-refractivity contribution >= 4 is 11.5 Å². The Labute approximate surface area is 153 Å². The van der Waals surface area contributed by atoms with Crippen molar-refractivity contribution in [1.29, 1.82) is 0 Å². The molecule has 0 saturated carbocycles. The Morgan fingerprint density at radius 2 is 1.50 bits per heavy atom. The molecule has 0 aromatic heterocycles. The van der Waals surface area contributed by atoms with E-state index in [1.54, 1.807) is 7.11 Å². The Kier molecular flexibility index (Phi) is 5.18. The number of methoxy groups -OCH3 is 1. The van der Waals surface area contributed by atoms with Crippen LogP contribution in [0.1, 0.15) is 16.7 Å². The topological polar surface area (TPSA) is 46.5 Å². The highest BCUT2D eigenvalue weighted by Gasteiger charge is 2.10. The summed E-state index contributed by atoms with van der Waals surface area (Å²) in [5, 5.41) is 9.31. The van der Waals surface area contributed by atoms with Crippen LogP contribution in [0.5, 0.6) is 5.75 Å². The van der Waals surface area contributed by atoms with E-state index in [4.69, 9.17) is 4.74 Å². The fraction of sp³-hybridized carbons (Fsp3) is 0.0870. The molecule has 3 aromatic carbocycles. The van der Waals surface area contributed by atoms with Gasteiger partial charge in [-0.1, -0.05) is 60.7 Å². The number of rotatable bonds is 5. The average Bonchev–Trinajstić information content (AvgIpc) is 2.67. The largest absolute Gasteiger partial charge is 0.496 e. The molecule has 0 heterocycles. The van der Waals surface area contributed by atoms with Crippen LogP contribution in [-0.2, 0) is 4.79 Å². The molecule has 3 nitrogen and oxygen atoms in total. The molecule has 0 fully saturated rings. The maximum atomic E-state index is 11.4. The number of carbonyl (C=O) groups is 1. The van der Waals surface area contributed by atoms with E-state index < -0.39 is 5.97 Å². The third kappa shape index (κ3) is 3.83. The summed E-state index contributed by atoms with van der Waals surface area (Å²) in [6.07, 6.45) is 1.25. The van der Waals surface area contributed by atoms with E-state index in [0.717, 1.165) is 33.6 Å². The fourth-order valence-electron chi connectivity index (χ4n) is 2.98. The summed E-state index contributed by atoms with van der Waals surface area (Å²) in [5.41, 5.74) is 5.55. The minimum Gasteiger partial charge on any atom is -0.496 e. The van der Waals surface area contributed by atoms with E-state index in [0.29, 0.717) is 5.57 Å². The van der Waals surface area contributed by atoms with Gasteiger partial charge in [0.1, 0.15) is 5.75 Å². The lowest BCUT2D eigenvalue weighted by atomic mass is 9.94. The lowest BCUT2D eigenvalue weighted by Crippen LogP contribution is -1.96. The normalized spacial score (nSPS) is 11.2. The Morgan fingerprint density at radius 1 is 0.885 bits per heavy atom. The molecule has 0 bridgehead atoms. The summed E-state index contributed by atoms with van der Waals surface area (Å²) in [7, 11) is 1.62. The first-order valence-electron chi connectivity index (χ1n) is 8.34. The van der Waals surface area contributed by atoms with Gasteiger partial charge in [0.2, 0.25) is 0 Å². The van der Waals surface area contributed by atoms with Gasteiger partial charge in [0.25, 0.3) is 0 Å². The summed E-state index contributed by atoms with van der Waals surface area (Å²) < 4.78 is 5.30. The standard InChI is InChI=1S/C23H20O3/c1-16-14-20(12-13-22(16)26-2)21(15-23(24)25)19-10-8-18(9-11-19)17-6-4-3-5-7-17/h3-15H,1-2H3,(H,24,25)/b21-15-. The molecule has 3 rings (SSSR count). The average molecular weight is 344 g/mol. The Hall–Kier alpha value is -3.33. The van der Waals surface area contributed by atoms with Crippen LogP contribution in [0.2, 0.25) is 0 Å². The summed E-state index contributed by atoms with van der Waals surface area (Å²) in [4.78, 5) is 11.4. The third-order valence-electron chi connectivity index (χ3n) is 4.28. The van der Waals surface area contributed by atoms with E-state index in [2.05, 4.69) is 12.1 Å². The van der Waals surface area contributed by atoms with Crippen molar-refractivity contribution < 1.29 is 14.6 Å². The number of aryl methyl sites for hydroxylation is 1. The Morgan fingerprint density at radius 3 is 2.08 bits per heavy atom. The summed E-state index contributed by atoms with van der Waals surface area (Å²) in [6.45, 7) is 1.94. The summed E-state index contributed by atoms with van der Waals surface area (Å²) in [5.74, 6) is -0.191. The van der Waals surface area contributed by atoms with Gasteiger partial charge in [-0.25, -0.2) is 4.79 Å². The summed E-state index contributed by atoms with van der Waals surface area (Å²) >= 11 is 0. The lowest BCUT2D eigenvalue weighted by Gasteiger charge is -2.12. The van der Waals surface area contributed by atoms with Crippen LogP contribution < -0.4 is 4.74 Å². The van der Waals surface area contributed by atoms with Crippen LogP contribution in [0.4, 0.5) is 0 Å². The number of carboxylic acid groups (broad SMARTS) is 1. The zero-order valence-electron chi connectivity index (χ0n) is 14.8. The molecule has 0 aliphatic heterocycles. The van der Waals surface area contributed by atoms with Crippen LogP contribution in [0, 0.1) is 6.92 Å². The number of hydrogen-bond donors (Lipinski definition) is 1. The number of hydrogen-bond acceptors (Lipinski definition) is 2. The zero-order chi connectivity index (χ0) is 18.5. The molecule has 0 unspecified atom stereocenters. The molecule has 3 heteroatoms. The van der Waals surface area contributed by atoms with Gasteiger partial charge in [-0.15, -0.1) is 0 Å². The van der Waals surface area contributed by atoms with Crippen molar-refractivity contribution in [3.8, 4) is 16.9 Å². The molecule has 3 aromatic rings. The van der Waals surface area contributed by atoms with Crippen molar-refractivity contribution in [1.82, 2.24) is 0 Å². The van der Waals surface area contributed by atoms with Gasteiger partial charge in [0.05, 0.1) is 7.11 Å². The highest BCUT2D eigenvalue weighted by Crippen LogP contribution is 2.29. The number of benzene rings is 3. The number of ether oxygens (including phenoxy) is 1. The van der Waals surface area contributed by atoms with E-state index in [1.807, 2.05) is 67.6 Å². The molecule has 0 amide bonds. The molecule has 0 spiro atoms. The van der Waals surface area contributed by atoms with Gasteiger partial charge in [-0.2, -0.15) is 0 Å². The maximum Gasteiger partial charge on any atom is 0.328 e. The van der Waals surface area contributed by atoms with Crippen LogP contribution in [-0.4, -0.2) is 18.2 Å². The van der Waals surface area contributed by atoms with Crippen LogP contribution in [0.3, 0.4) is 0 Å². The first-order valence-corrected chi connectivity index (χ1v) is 8.34. The first kappa shape index (κ1) is 17.5. The molecular formula is C23H20O3. The van der Waals surface area contributed by atoms with Crippen LogP contribution in [0.15, 0.2) is 78.9 Å². The van der Waals surface area contributed by atoms with Gasteiger partial charge >= 0.3 is 5.97 Å². The maximum absolute atomic E-state index is 11.4. The van der Waals surface area contributed by atoms with Gasteiger partial charge in [-0.3, -0.25) is 0 Å². The van der Waals surface area contributed by atoms with E-state index in [1.165, 1.54) is 6.08 Å². The van der Waals surface area contributed by atoms with E-state index >= 15 is 0 Å². The number of carboxylic acids is 1. The predicted molar refractivity (Wildman–Crippen MR) is 104 cm³/mol. The van der Waals surface area contributed by atoms with Crippen molar-refractivity contribution in [2.45, 2.75) is 6.92 Å². The molecule has 0 aliphatic carbocycles. The van der Waals surface area contributed by atoms with Gasteiger partial charge < -0.3 is 9.84 Å². The summed E-state index contributed by atoms with van der Waals surface area (Å²) in [6, 6.07) is 23.7. The molecule has 0 saturated heterocycles. The predicted octanol–water partition coefficient (Wildman–Crippen LogP) is 5.19. The lowest BCUT2D eigenvalue weighted by molar-refractivity contribution is -0.131. The van der Waals surface area contributed by atoms with Crippen molar-refractivity contribution in [2.75, 3.05) is 7.11 Å². The monoisotopic (exact) mass is 344 g/mol. The Bertz CT molecular complexity index is 939. The molecule has 0 atom stereocenters. The van der Waals surface area contributed by atoms with Crippen molar-refractivity contribution in [3.63, 3.8) is 0 Å². The fourth-order valence-corrected chi connectivity index (χ4v) is 2.98. The molecule has 26 heavy (non-hydrogen) atoms. The number of aliphatic carboxylic acids is 1. The van der Waals surface area contributed by atoms with E-state index in [-0.39, 0.29) is 0 Å². The van der Waals surface area contributed by atoms with Gasteiger partial charge in [-0.05, 0) is 52.4 Å². The molecule has 0 radical (unpaired) electrons. The quantitative estimate of drug-likeness (QED) is 0.648. The SMILES string of the molecule is COc1ccc(/C(=C\C(=O)O)c2ccc(-c3ccccc3)cc2)cc1C. The molecular weight excluding hydrogens is 324 g/mol. The van der Waals surface area contributed by atoms with Crippen LogP contribution >= 0.6 is 0 Å². The second-order valence-corrected chi connectivity index (χ2v) is 6.02.